The normalized spacial score (nSPS) is 17.4. The van der Waals surface area contributed by atoms with Crippen molar-refractivity contribution in [2.45, 2.75) is 59.5 Å². The summed E-state index contributed by atoms with van der Waals surface area (Å²) in [7, 11) is 0. The summed E-state index contributed by atoms with van der Waals surface area (Å²) in [6, 6.07) is 9.71. The van der Waals surface area contributed by atoms with Crippen LogP contribution < -0.4 is 0 Å². The third-order valence-corrected chi connectivity index (χ3v) is 7.46. The van der Waals surface area contributed by atoms with Crippen molar-refractivity contribution in [2.75, 3.05) is 39.3 Å². The van der Waals surface area contributed by atoms with E-state index >= 15 is 0 Å². The van der Waals surface area contributed by atoms with Gasteiger partial charge in [0.05, 0.1) is 12.5 Å². The molecular weight excluding hydrogens is 498 g/mol. The summed E-state index contributed by atoms with van der Waals surface area (Å²) in [4.78, 5) is 56.8. The molecule has 39 heavy (non-hydrogen) atoms. The van der Waals surface area contributed by atoms with Crippen LogP contribution in [0.25, 0.3) is 0 Å². The molecule has 210 valence electrons. The van der Waals surface area contributed by atoms with Crippen molar-refractivity contribution in [2.24, 2.45) is 5.92 Å². The minimum atomic E-state index is -0.299. The first-order valence-electron chi connectivity index (χ1n) is 14.0. The molecule has 1 aromatic carbocycles. The van der Waals surface area contributed by atoms with Crippen LogP contribution in [0.4, 0.5) is 0 Å². The standard InChI is InChI=1S/C29H39N5O5/c1-4-31(17-13-26(35)32-14-6-8-23(20-32)29(38)39-5-2)27(36)24-18-25-28(37)33(15-7-16-34(25)30-24)19-22-11-9-21(3)10-12-22/h9-12,18,23H,4-8,13-17,19-20H2,1-3H3/t23-/m1/s1. The van der Waals surface area contributed by atoms with Crippen LogP contribution in [0, 0.1) is 12.8 Å². The molecule has 0 spiro atoms. The number of likely N-dealkylation sites (tertiary alicyclic amines) is 1. The largest absolute Gasteiger partial charge is 0.466 e. The molecular formula is C29H39N5O5. The van der Waals surface area contributed by atoms with Crippen LogP contribution in [0.3, 0.4) is 0 Å². The molecule has 10 nitrogen and oxygen atoms in total. The van der Waals surface area contributed by atoms with Gasteiger partial charge in [-0.2, -0.15) is 5.10 Å². The van der Waals surface area contributed by atoms with Gasteiger partial charge in [-0.15, -0.1) is 0 Å². The molecule has 0 unspecified atom stereocenters. The molecule has 0 N–H and O–H groups in total. The van der Waals surface area contributed by atoms with Gasteiger partial charge in [-0.05, 0) is 45.6 Å². The molecule has 2 aliphatic rings. The maximum absolute atomic E-state index is 13.3. The predicted molar refractivity (Wildman–Crippen MR) is 145 cm³/mol. The molecule has 3 heterocycles. The zero-order valence-corrected chi connectivity index (χ0v) is 23.2. The molecule has 2 aliphatic heterocycles. The molecule has 1 atom stereocenters. The number of esters is 1. The first-order valence-corrected chi connectivity index (χ1v) is 14.0. The maximum Gasteiger partial charge on any atom is 0.310 e. The summed E-state index contributed by atoms with van der Waals surface area (Å²) in [5, 5.41) is 4.48. The number of aromatic nitrogens is 2. The molecule has 4 rings (SSSR count). The van der Waals surface area contributed by atoms with Crippen molar-refractivity contribution in [3.63, 3.8) is 0 Å². The predicted octanol–water partition coefficient (Wildman–Crippen LogP) is 2.89. The Kier molecular flexibility index (Phi) is 9.37. The molecule has 1 fully saturated rings. The first-order chi connectivity index (χ1) is 18.8. The van der Waals surface area contributed by atoms with E-state index in [1.54, 1.807) is 32.4 Å². The second-order valence-corrected chi connectivity index (χ2v) is 10.3. The van der Waals surface area contributed by atoms with E-state index in [9.17, 15) is 19.2 Å². The van der Waals surface area contributed by atoms with Crippen molar-refractivity contribution >= 4 is 23.7 Å². The second kappa shape index (κ2) is 12.9. The van der Waals surface area contributed by atoms with Crippen LogP contribution >= 0.6 is 0 Å². The first kappa shape index (κ1) is 28.3. The number of hydrogen-bond acceptors (Lipinski definition) is 6. The Hall–Kier alpha value is -3.69. The Morgan fingerprint density at radius 2 is 1.85 bits per heavy atom. The number of carbonyl (C=O) groups is 4. The van der Waals surface area contributed by atoms with Crippen molar-refractivity contribution in [3.8, 4) is 0 Å². The van der Waals surface area contributed by atoms with Crippen molar-refractivity contribution in [1.82, 2.24) is 24.5 Å². The molecule has 1 saturated heterocycles. The van der Waals surface area contributed by atoms with Crippen molar-refractivity contribution in [3.05, 3.63) is 52.8 Å². The number of amides is 3. The van der Waals surface area contributed by atoms with Crippen molar-refractivity contribution < 1.29 is 23.9 Å². The number of piperidine rings is 1. The summed E-state index contributed by atoms with van der Waals surface area (Å²) in [6.45, 7) is 9.27. The fourth-order valence-corrected chi connectivity index (χ4v) is 5.21. The van der Waals surface area contributed by atoms with Gasteiger partial charge in [0, 0.05) is 58.3 Å². The molecule has 0 radical (unpaired) electrons. The van der Waals surface area contributed by atoms with Gasteiger partial charge in [0.15, 0.2) is 5.69 Å². The van der Waals surface area contributed by atoms with Gasteiger partial charge in [0.2, 0.25) is 5.91 Å². The van der Waals surface area contributed by atoms with E-state index in [1.807, 2.05) is 38.1 Å². The van der Waals surface area contributed by atoms with Crippen LogP contribution in [0.5, 0.6) is 0 Å². The van der Waals surface area contributed by atoms with E-state index < -0.39 is 0 Å². The Morgan fingerprint density at radius 3 is 2.56 bits per heavy atom. The van der Waals surface area contributed by atoms with E-state index in [0.717, 1.165) is 18.4 Å². The lowest BCUT2D eigenvalue weighted by molar-refractivity contribution is -0.151. The zero-order valence-electron chi connectivity index (χ0n) is 23.2. The van der Waals surface area contributed by atoms with Gasteiger partial charge in [-0.25, -0.2) is 0 Å². The summed E-state index contributed by atoms with van der Waals surface area (Å²) < 4.78 is 6.76. The topological polar surface area (TPSA) is 105 Å². The number of carbonyl (C=O) groups excluding carboxylic acids is 4. The summed E-state index contributed by atoms with van der Waals surface area (Å²) in [6.07, 6.45) is 2.37. The number of aryl methyl sites for hydroxylation is 2. The van der Waals surface area contributed by atoms with E-state index in [1.165, 1.54) is 5.56 Å². The van der Waals surface area contributed by atoms with E-state index in [0.29, 0.717) is 58.0 Å². The van der Waals surface area contributed by atoms with Gasteiger partial charge in [0.25, 0.3) is 11.8 Å². The third kappa shape index (κ3) is 6.85. The molecule has 0 aliphatic carbocycles. The smallest absolute Gasteiger partial charge is 0.310 e. The van der Waals surface area contributed by atoms with E-state index in [-0.39, 0.29) is 48.3 Å². The molecule has 1 aromatic heterocycles. The number of hydrogen-bond donors (Lipinski definition) is 0. The van der Waals surface area contributed by atoms with Crippen LogP contribution in [0.2, 0.25) is 0 Å². The fourth-order valence-electron chi connectivity index (χ4n) is 5.21. The van der Waals surface area contributed by atoms with Gasteiger partial charge < -0.3 is 19.4 Å². The number of benzene rings is 1. The highest BCUT2D eigenvalue weighted by atomic mass is 16.5. The third-order valence-electron chi connectivity index (χ3n) is 7.46. The molecule has 2 aromatic rings. The minimum Gasteiger partial charge on any atom is -0.466 e. The van der Waals surface area contributed by atoms with Gasteiger partial charge in [-0.1, -0.05) is 29.8 Å². The summed E-state index contributed by atoms with van der Waals surface area (Å²) in [5.41, 5.74) is 2.85. The number of fused-ring (bicyclic) bond motifs is 1. The average molecular weight is 538 g/mol. The van der Waals surface area contributed by atoms with Crippen LogP contribution in [0.15, 0.2) is 30.3 Å². The van der Waals surface area contributed by atoms with Crippen LogP contribution in [0.1, 0.15) is 71.6 Å². The molecule has 3 amide bonds. The van der Waals surface area contributed by atoms with E-state index in [4.69, 9.17) is 4.74 Å². The number of rotatable bonds is 9. The van der Waals surface area contributed by atoms with Crippen LogP contribution in [-0.4, -0.2) is 87.5 Å². The Labute approximate surface area is 229 Å². The highest BCUT2D eigenvalue weighted by Crippen LogP contribution is 2.20. The Balaban J connectivity index is 1.37. The quantitative estimate of drug-likeness (QED) is 0.456. The zero-order chi connectivity index (χ0) is 27.9. The Bertz CT molecular complexity index is 1190. The van der Waals surface area contributed by atoms with Gasteiger partial charge >= 0.3 is 5.97 Å². The SMILES string of the molecule is CCOC(=O)[C@@H]1CCCN(C(=O)CCN(CC)C(=O)c2cc3n(n2)CCCN(Cc2ccc(C)cc2)C3=O)C1. The summed E-state index contributed by atoms with van der Waals surface area (Å²) in [5.74, 6) is -1.08. The lowest BCUT2D eigenvalue weighted by Gasteiger charge is -2.32. The van der Waals surface area contributed by atoms with E-state index in [2.05, 4.69) is 5.10 Å². The Morgan fingerprint density at radius 1 is 1.08 bits per heavy atom. The van der Waals surface area contributed by atoms with Crippen molar-refractivity contribution in [1.29, 1.82) is 0 Å². The fraction of sp³-hybridized carbons (Fsp3) is 0.552. The lowest BCUT2D eigenvalue weighted by Crippen LogP contribution is -2.44. The highest BCUT2D eigenvalue weighted by Gasteiger charge is 2.31. The monoisotopic (exact) mass is 537 g/mol. The molecule has 10 heteroatoms. The number of nitrogens with zero attached hydrogens (tertiary/aromatic N) is 5. The number of ether oxygens (including phenoxy) is 1. The lowest BCUT2D eigenvalue weighted by atomic mass is 9.98. The average Bonchev–Trinajstić information content (AvgIpc) is 3.31. The molecule has 0 bridgehead atoms. The minimum absolute atomic E-state index is 0.0854. The van der Waals surface area contributed by atoms with Gasteiger partial charge in [0.1, 0.15) is 5.69 Å². The maximum atomic E-state index is 13.3. The summed E-state index contributed by atoms with van der Waals surface area (Å²) >= 11 is 0. The highest BCUT2D eigenvalue weighted by molar-refractivity contribution is 5.98. The van der Waals surface area contributed by atoms with Crippen LogP contribution in [-0.2, 0) is 27.4 Å². The second-order valence-electron chi connectivity index (χ2n) is 10.3. The van der Waals surface area contributed by atoms with Gasteiger partial charge in [-0.3, -0.25) is 23.9 Å². The molecule has 0 saturated carbocycles.